The standard InChI is InChI=1S/C21H14BrN3O2/c22-14-11-9-13(10-12-14)19-23-20(15-5-1-3-7-17(15)26)25-21(24-19)16-6-2-4-8-18(16)27/h1-12,26-27H. The second-order valence-corrected chi connectivity index (χ2v) is 6.76. The molecule has 0 fully saturated rings. The summed E-state index contributed by atoms with van der Waals surface area (Å²) in [6.07, 6.45) is 0. The number of hydrogen-bond acceptors (Lipinski definition) is 5. The van der Waals surface area contributed by atoms with E-state index < -0.39 is 0 Å². The molecule has 0 saturated heterocycles. The topological polar surface area (TPSA) is 79.1 Å². The van der Waals surface area contributed by atoms with Gasteiger partial charge in [0.1, 0.15) is 11.5 Å². The predicted molar refractivity (Wildman–Crippen MR) is 107 cm³/mol. The third-order valence-electron chi connectivity index (χ3n) is 4.03. The van der Waals surface area contributed by atoms with Crippen LogP contribution in [0.4, 0.5) is 0 Å². The molecule has 4 aromatic rings. The fourth-order valence-electron chi connectivity index (χ4n) is 2.67. The predicted octanol–water partition coefficient (Wildman–Crippen LogP) is 5.05. The molecule has 0 aliphatic heterocycles. The first-order valence-corrected chi connectivity index (χ1v) is 9.00. The minimum Gasteiger partial charge on any atom is -0.507 e. The third kappa shape index (κ3) is 3.52. The number of rotatable bonds is 3. The van der Waals surface area contributed by atoms with E-state index in [2.05, 4.69) is 30.9 Å². The molecule has 5 nitrogen and oxygen atoms in total. The second kappa shape index (κ2) is 7.17. The molecule has 0 bridgehead atoms. The molecule has 0 atom stereocenters. The zero-order valence-electron chi connectivity index (χ0n) is 14.0. The van der Waals surface area contributed by atoms with E-state index in [1.54, 1.807) is 48.5 Å². The number of aromatic nitrogens is 3. The van der Waals surface area contributed by atoms with Gasteiger partial charge in [-0.15, -0.1) is 0 Å². The van der Waals surface area contributed by atoms with Crippen LogP contribution >= 0.6 is 15.9 Å². The van der Waals surface area contributed by atoms with Gasteiger partial charge in [-0.05, 0) is 36.4 Å². The van der Waals surface area contributed by atoms with Crippen LogP contribution in [0.5, 0.6) is 11.5 Å². The fourth-order valence-corrected chi connectivity index (χ4v) is 2.93. The van der Waals surface area contributed by atoms with Gasteiger partial charge >= 0.3 is 0 Å². The Balaban J connectivity index is 1.95. The summed E-state index contributed by atoms with van der Waals surface area (Å²) in [5.74, 6) is 1.27. The SMILES string of the molecule is Oc1ccccc1-c1nc(-c2ccc(Br)cc2)nc(-c2ccccc2O)n1. The van der Waals surface area contributed by atoms with Crippen LogP contribution < -0.4 is 0 Å². The van der Waals surface area contributed by atoms with Gasteiger partial charge in [-0.2, -0.15) is 0 Å². The second-order valence-electron chi connectivity index (χ2n) is 5.85. The van der Waals surface area contributed by atoms with E-state index in [9.17, 15) is 10.2 Å². The summed E-state index contributed by atoms with van der Waals surface area (Å²) in [4.78, 5) is 13.6. The number of nitrogens with zero attached hydrogens (tertiary/aromatic N) is 3. The van der Waals surface area contributed by atoms with E-state index >= 15 is 0 Å². The first-order valence-electron chi connectivity index (χ1n) is 8.20. The maximum atomic E-state index is 10.2. The number of phenols is 2. The van der Waals surface area contributed by atoms with Crippen molar-refractivity contribution >= 4 is 15.9 Å². The average Bonchev–Trinajstić information content (AvgIpc) is 2.69. The number of para-hydroxylation sites is 2. The third-order valence-corrected chi connectivity index (χ3v) is 4.56. The van der Waals surface area contributed by atoms with Gasteiger partial charge in [0, 0.05) is 10.0 Å². The Hall–Kier alpha value is -3.25. The van der Waals surface area contributed by atoms with Crippen LogP contribution in [0.3, 0.4) is 0 Å². The highest BCUT2D eigenvalue weighted by molar-refractivity contribution is 9.10. The molecule has 6 heteroatoms. The smallest absolute Gasteiger partial charge is 0.167 e. The van der Waals surface area contributed by atoms with Gasteiger partial charge in [0.05, 0.1) is 11.1 Å². The van der Waals surface area contributed by atoms with Gasteiger partial charge < -0.3 is 10.2 Å². The number of phenolic OH excluding ortho intramolecular Hbond substituents is 2. The molecule has 1 aromatic heterocycles. The molecule has 0 unspecified atom stereocenters. The van der Waals surface area contributed by atoms with E-state index in [-0.39, 0.29) is 11.5 Å². The molecule has 0 aliphatic carbocycles. The van der Waals surface area contributed by atoms with Crippen molar-refractivity contribution in [1.29, 1.82) is 0 Å². The normalized spacial score (nSPS) is 10.7. The first-order chi connectivity index (χ1) is 13.1. The van der Waals surface area contributed by atoms with Gasteiger partial charge in [0.2, 0.25) is 0 Å². The summed E-state index contributed by atoms with van der Waals surface area (Å²) in [7, 11) is 0. The lowest BCUT2D eigenvalue weighted by Gasteiger charge is -2.10. The van der Waals surface area contributed by atoms with Gasteiger partial charge in [-0.3, -0.25) is 0 Å². The molecule has 4 rings (SSSR count). The van der Waals surface area contributed by atoms with Crippen molar-refractivity contribution in [3.63, 3.8) is 0 Å². The lowest BCUT2D eigenvalue weighted by molar-refractivity contribution is 0.477. The molecule has 132 valence electrons. The van der Waals surface area contributed by atoms with Crippen molar-refractivity contribution in [2.75, 3.05) is 0 Å². The van der Waals surface area contributed by atoms with Crippen molar-refractivity contribution < 1.29 is 10.2 Å². The van der Waals surface area contributed by atoms with Crippen LogP contribution in [0.2, 0.25) is 0 Å². The van der Waals surface area contributed by atoms with Crippen molar-refractivity contribution in [1.82, 2.24) is 15.0 Å². The van der Waals surface area contributed by atoms with Gasteiger partial charge in [0.25, 0.3) is 0 Å². The summed E-state index contributed by atoms with van der Waals surface area (Å²) < 4.78 is 0.946. The molecule has 0 amide bonds. The van der Waals surface area contributed by atoms with Crippen LogP contribution in [0.15, 0.2) is 77.3 Å². The minimum absolute atomic E-state index is 0.0775. The molecule has 0 radical (unpaired) electrons. The lowest BCUT2D eigenvalue weighted by Crippen LogP contribution is -2.00. The van der Waals surface area contributed by atoms with Crippen molar-refractivity contribution in [2.45, 2.75) is 0 Å². The van der Waals surface area contributed by atoms with Crippen LogP contribution in [-0.2, 0) is 0 Å². The van der Waals surface area contributed by atoms with Gasteiger partial charge in [-0.25, -0.2) is 15.0 Å². The molecule has 0 aliphatic rings. The molecule has 3 aromatic carbocycles. The highest BCUT2D eigenvalue weighted by Crippen LogP contribution is 2.32. The summed E-state index contributed by atoms with van der Waals surface area (Å²) in [6, 6.07) is 21.3. The largest absolute Gasteiger partial charge is 0.507 e. The Labute approximate surface area is 164 Å². The average molecular weight is 420 g/mol. The highest BCUT2D eigenvalue weighted by Gasteiger charge is 2.15. The monoisotopic (exact) mass is 419 g/mol. The van der Waals surface area contributed by atoms with E-state index in [4.69, 9.17) is 0 Å². The minimum atomic E-state index is 0.0775. The zero-order chi connectivity index (χ0) is 18.8. The Morgan fingerprint density at radius 3 is 1.48 bits per heavy atom. The Morgan fingerprint density at radius 1 is 0.556 bits per heavy atom. The molecule has 0 spiro atoms. The van der Waals surface area contributed by atoms with E-state index in [0.29, 0.717) is 28.6 Å². The highest BCUT2D eigenvalue weighted by atomic mass is 79.9. The fraction of sp³-hybridized carbons (Fsp3) is 0. The quantitative estimate of drug-likeness (QED) is 0.485. The van der Waals surface area contributed by atoms with Crippen LogP contribution in [0, 0.1) is 0 Å². The summed E-state index contributed by atoms with van der Waals surface area (Å²) in [6.45, 7) is 0. The van der Waals surface area contributed by atoms with Gasteiger partial charge in [-0.1, -0.05) is 52.3 Å². The van der Waals surface area contributed by atoms with Gasteiger partial charge in [0.15, 0.2) is 17.5 Å². The molecule has 0 saturated carbocycles. The maximum absolute atomic E-state index is 10.2. The van der Waals surface area contributed by atoms with E-state index in [1.165, 1.54) is 0 Å². The Kier molecular flexibility index (Phi) is 4.56. The Bertz CT molecular complexity index is 1050. The molecule has 1 heterocycles. The van der Waals surface area contributed by atoms with Crippen LogP contribution in [0.1, 0.15) is 0 Å². The van der Waals surface area contributed by atoms with E-state index in [1.807, 2.05) is 24.3 Å². The van der Waals surface area contributed by atoms with Crippen LogP contribution in [-0.4, -0.2) is 25.2 Å². The van der Waals surface area contributed by atoms with Crippen LogP contribution in [0.25, 0.3) is 34.2 Å². The first kappa shape index (κ1) is 17.2. The summed E-state index contributed by atoms with van der Waals surface area (Å²) in [5.41, 5.74) is 1.79. The number of hydrogen-bond donors (Lipinski definition) is 2. The van der Waals surface area contributed by atoms with Crippen molar-refractivity contribution in [2.24, 2.45) is 0 Å². The molecule has 2 N–H and O–H groups in total. The maximum Gasteiger partial charge on any atom is 0.167 e. The molecule has 27 heavy (non-hydrogen) atoms. The number of benzene rings is 3. The lowest BCUT2D eigenvalue weighted by atomic mass is 10.1. The Morgan fingerprint density at radius 2 is 1.00 bits per heavy atom. The van der Waals surface area contributed by atoms with Crippen molar-refractivity contribution in [3.05, 3.63) is 77.3 Å². The summed E-state index contributed by atoms with van der Waals surface area (Å²) in [5, 5.41) is 20.4. The molecular weight excluding hydrogens is 406 g/mol. The molecular formula is C21H14BrN3O2. The summed E-state index contributed by atoms with van der Waals surface area (Å²) >= 11 is 3.42. The van der Waals surface area contributed by atoms with Crippen molar-refractivity contribution in [3.8, 4) is 45.7 Å². The number of aromatic hydroxyl groups is 2. The number of halogens is 1. The zero-order valence-corrected chi connectivity index (χ0v) is 15.6. The van der Waals surface area contributed by atoms with E-state index in [0.717, 1.165) is 10.0 Å².